The Balaban J connectivity index is 0.00000128. The Kier molecular flexibility index (Phi) is 4.71. The van der Waals surface area contributed by atoms with Gasteiger partial charge in [-0.25, -0.2) is 0 Å². The second-order valence-electron chi connectivity index (χ2n) is 4.09. The van der Waals surface area contributed by atoms with Gasteiger partial charge >= 0.3 is 58.4 Å². The first-order valence-electron chi connectivity index (χ1n) is 4.95. The summed E-state index contributed by atoms with van der Waals surface area (Å²) < 4.78 is 37.4. The van der Waals surface area contributed by atoms with E-state index in [1.54, 1.807) is 6.07 Å². The standard InChI is InChI=1S/C10H11BF3O.K/c12-11(13,14)9-4-1-3-8(7-9)10(15)5-2-6-10;/h1,3-4,7,15H,2,5-6H2;/q-1;+1. The minimum absolute atomic E-state index is 0. The summed E-state index contributed by atoms with van der Waals surface area (Å²) in [6.45, 7) is -4.97. The van der Waals surface area contributed by atoms with Gasteiger partial charge in [-0.1, -0.05) is 24.3 Å². The van der Waals surface area contributed by atoms with Crippen LogP contribution in [0.5, 0.6) is 0 Å². The molecule has 1 aromatic carbocycles. The number of halogens is 3. The van der Waals surface area contributed by atoms with Crippen LogP contribution in [0.1, 0.15) is 24.8 Å². The molecule has 1 nitrogen and oxygen atoms in total. The van der Waals surface area contributed by atoms with E-state index in [4.69, 9.17) is 0 Å². The van der Waals surface area contributed by atoms with E-state index in [1.807, 2.05) is 0 Å². The van der Waals surface area contributed by atoms with Crippen molar-refractivity contribution < 1.29 is 69.4 Å². The number of rotatable bonds is 2. The summed E-state index contributed by atoms with van der Waals surface area (Å²) >= 11 is 0. The largest absolute Gasteiger partial charge is 1.00 e. The third-order valence-electron chi connectivity index (χ3n) is 2.98. The second kappa shape index (κ2) is 5.12. The molecule has 6 heteroatoms. The second-order valence-corrected chi connectivity index (χ2v) is 4.09. The fourth-order valence-corrected chi connectivity index (χ4v) is 1.83. The molecular formula is C10H11BF3KO. The molecule has 0 unspecified atom stereocenters. The molecule has 0 spiro atoms. The zero-order chi connectivity index (χ0) is 11.1. The van der Waals surface area contributed by atoms with E-state index >= 15 is 0 Å². The maximum atomic E-state index is 12.5. The SMILES string of the molecule is OC1(c2cccc([B-](F)(F)F)c2)CCC1.[K+]. The van der Waals surface area contributed by atoms with Crippen molar-refractivity contribution in [3.63, 3.8) is 0 Å². The van der Waals surface area contributed by atoms with Crippen LogP contribution in [0.3, 0.4) is 0 Å². The molecule has 0 amide bonds. The quantitative estimate of drug-likeness (QED) is 0.679. The first-order valence-corrected chi connectivity index (χ1v) is 4.95. The van der Waals surface area contributed by atoms with Gasteiger partial charge in [0.05, 0.1) is 5.60 Å². The van der Waals surface area contributed by atoms with E-state index < -0.39 is 18.0 Å². The summed E-state index contributed by atoms with van der Waals surface area (Å²) in [5.74, 6) is 0. The van der Waals surface area contributed by atoms with Gasteiger partial charge in [0.2, 0.25) is 0 Å². The van der Waals surface area contributed by atoms with Crippen LogP contribution < -0.4 is 56.8 Å². The minimum Gasteiger partial charge on any atom is -0.445 e. The predicted octanol–water partition coefficient (Wildman–Crippen LogP) is -0.884. The zero-order valence-corrected chi connectivity index (χ0v) is 12.2. The summed E-state index contributed by atoms with van der Waals surface area (Å²) in [5, 5.41) is 9.91. The molecular weight excluding hydrogens is 243 g/mol. The van der Waals surface area contributed by atoms with Crippen LogP contribution in [0, 0.1) is 0 Å². The molecule has 0 atom stereocenters. The number of hydrogen-bond acceptors (Lipinski definition) is 1. The third-order valence-corrected chi connectivity index (χ3v) is 2.98. The molecule has 1 aliphatic rings. The first-order chi connectivity index (χ1) is 6.92. The molecule has 1 N–H and O–H groups in total. The van der Waals surface area contributed by atoms with Crippen LogP contribution in [0.15, 0.2) is 24.3 Å². The van der Waals surface area contributed by atoms with Gasteiger partial charge in [-0.3, -0.25) is 0 Å². The molecule has 1 saturated carbocycles. The topological polar surface area (TPSA) is 20.2 Å². The molecule has 16 heavy (non-hydrogen) atoms. The third kappa shape index (κ3) is 2.91. The molecule has 0 saturated heterocycles. The van der Waals surface area contributed by atoms with Crippen molar-refractivity contribution in [3.05, 3.63) is 29.8 Å². The van der Waals surface area contributed by atoms with Crippen LogP contribution in [0.2, 0.25) is 0 Å². The summed E-state index contributed by atoms with van der Waals surface area (Å²) in [4.78, 5) is 0. The predicted molar refractivity (Wildman–Crippen MR) is 52.9 cm³/mol. The van der Waals surface area contributed by atoms with Gasteiger partial charge < -0.3 is 18.1 Å². The minimum atomic E-state index is -4.97. The Morgan fingerprint density at radius 3 is 2.25 bits per heavy atom. The van der Waals surface area contributed by atoms with Gasteiger partial charge in [0.15, 0.2) is 0 Å². The molecule has 0 aliphatic heterocycles. The maximum Gasteiger partial charge on any atom is 1.00 e. The molecule has 1 aromatic rings. The van der Waals surface area contributed by atoms with Crippen LogP contribution in [-0.4, -0.2) is 12.1 Å². The van der Waals surface area contributed by atoms with Gasteiger partial charge in [-0.15, -0.1) is 5.46 Å². The van der Waals surface area contributed by atoms with Crippen molar-refractivity contribution in [1.29, 1.82) is 0 Å². The van der Waals surface area contributed by atoms with Gasteiger partial charge in [-0.05, 0) is 24.8 Å². The van der Waals surface area contributed by atoms with Crippen LogP contribution >= 0.6 is 0 Å². The van der Waals surface area contributed by atoms with E-state index in [1.165, 1.54) is 6.07 Å². The number of aliphatic hydroxyl groups is 1. The summed E-state index contributed by atoms with van der Waals surface area (Å²) in [6, 6.07) is 5.03. The van der Waals surface area contributed by atoms with Crippen molar-refractivity contribution in [2.24, 2.45) is 0 Å². The van der Waals surface area contributed by atoms with Gasteiger partial charge in [0.1, 0.15) is 0 Å². The number of hydrogen-bond donors (Lipinski definition) is 1. The molecule has 1 fully saturated rings. The number of benzene rings is 1. The Bertz CT molecular complexity index is 377. The molecule has 0 aromatic heterocycles. The average molecular weight is 254 g/mol. The maximum absolute atomic E-state index is 12.5. The van der Waals surface area contributed by atoms with Crippen molar-refractivity contribution in [2.45, 2.75) is 24.9 Å². The van der Waals surface area contributed by atoms with Gasteiger partial charge in [0, 0.05) is 0 Å². The van der Waals surface area contributed by atoms with E-state index in [0.717, 1.165) is 18.6 Å². The first kappa shape index (κ1) is 14.7. The van der Waals surface area contributed by atoms with Crippen LogP contribution in [0.25, 0.3) is 0 Å². The average Bonchev–Trinajstić information content (AvgIpc) is 2.13. The molecule has 2 rings (SSSR count). The Hall–Kier alpha value is 0.671. The summed E-state index contributed by atoms with van der Waals surface area (Å²) in [5.41, 5.74) is -1.25. The van der Waals surface area contributed by atoms with Crippen molar-refractivity contribution in [3.8, 4) is 0 Å². The smallest absolute Gasteiger partial charge is 0.445 e. The molecule has 82 valence electrons. The van der Waals surface area contributed by atoms with Crippen molar-refractivity contribution in [2.75, 3.05) is 0 Å². The Morgan fingerprint density at radius 2 is 1.81 bits per heavy atom. The molecule has 0 heterocycles. The van der Waals surface area contributed by atoms with Crippen LogP contribution in [-0.2, 0) is 5.60 Å². The fraction of sp³-hybridized carbons (Fsp3) is 0.400. The van der Waals surface area contributed by atoms with Gasteiger partial charge in [-0.2, -0.15) is 0 Å². The van der Waals surface area contributed by atoms with E-state index in [2.05, 4.69) is 0 Å². The molecule has 1 aliphatic carbocycles. The van der Waals surface area contributed by atoms with Crippen LogP contribution in [0.4, 0.5) is 12.9 Å². The monoisotopic (exact) mass is 254 g/mol. The summed E-state index contributed by atoms with van der Waals surface area (Å²) in [6.07, 6.45) is 1.99. The van der Waals surface area contributed by atoms with E-state index in [9.17, 15) is 18.1 Å². The normalized spacial score (nSPS) is 18.5. The fourth-order valence-electron chi connectivity index (χ4n) is 1.83. The van der Waals surface area contributed by atoms with E-state index in [-0.39, 0.29) is 51.4 Å². The Morgan fingerprint density at radius 1 is 1.19 bits per heavy atom. The molecule has 0 radical (unpaired) electrons. The van der Waals surface area contributed by atoms with Crippen molar-refractivity contribution >= 4 is 12.4 Å². The zero-order valence-electron chi connectivity index (χ0n) is 9.09. The summed E-state index contributed by atoms with van der Waals surface area (Å²) in [7, 11) is 0. The Labute approximate surface area is 135 Å². The van der Waals surface area contributed by atoms with Crippen molar-refractivity contribution in [1.82, 2.24) is 0 Å². The van der Waals surface area contributed by atoms with E-state index in [0.29, 0.717) is 18.4 Å². The molecule has 0 bridgehead atoms. The van der Waals surface area contributed by atoms with Gasteiger partial charge in [0.25, 0.3) is 0 Å².